The molecule has 138 valence electrons. The van der Waals surface area contributed by atoms with Crippen molar-refractivity contribution in [1.29, 1.82) is 0 Å². The van der Waals surface area contributed by atoms with Crippen LogP contribution in [0.15, 0.2) is 28.0 Å². The number of halogens is 1. The predicted octanol–water partition coefficient (Wildman–Crippen LogP) is 2.34. The number of hydrogen-bond acceptors (Lipinski definition) is 6. The van der Waals surface area contributed by atoms with Crippen LogP contribution in [0.1, 0.15) is 22.5 Å². The third-order valence-corrected chi connectivity index (χ3v) is 4.83. The van der Waals surface area contributed by atoms with Crippen molar-refractivity contribution in [3.63, 3.8) is 0 Å². The summed E-state index contributed by atoms with van der Waals surface area (Å²) in [6.45, 7) is 10.5. The highest BCUT2D eigenvalue weighted by atomic mass is 127. The first-order valence-corrected chi connectivity index (χ1v) is 9.12. The summed E-state index contributed by atoms with van der Waals surface area (Å²) >= 11 is 1.71. The quantitative estimate of drug-likeness (QED) is 0.406. The largest absolute Gasteiger partial charge is 0.364 e. The Kier molecular flexibility index (Phi) is 8.10. The zero-order chi connectivity index (χ0) is 16.8. The second-order valence-corrected chi connectivity index (χ2v) is 7.09. The first kappa shape index (κ1) is 20.1. The molecule has 1 aliphatic heterocycles. The van der Waals surface area contributed by atoms with Crippen LogP contribution in [0.2, 0.25) is 0 Å². The molecule has 0 saturated carbocycles. The molecule has 1 fully saturated rings. The lowest BCUT2D eigenvalue weighted by Crippen LogP contribution is -2.52. The van der Waals surface area contributed by atoms with E-state index in [1.54, 1.807) is 17.6 Å². The molecule has 0 aromatic carbocycles. The fourth-order valence-corrected chi connectivity index (χ4v) is 3.44. The van der Waals surface area contributed by atoms with Gasteiger partial charge in [-0.15, -0.1) is 35.3 Å². The molecule has 2 aromatic rings. The normalized spacial score (nSPS) is 15.9. The molecule has 1 aliphatic rings. The number of nitrogens with zero attached hydrogens (tertiary/aromatic N) is 5. The van der Waals surface area contributed by atoms with E-state index in [4.69, 9.17) is 9.52 Å². The molecule has 2 aromatic heterocycles. The van der Waals surface area contributed by atoms with Crippen LogP contribution < -0.4 is 5.32 Å². The average molecular weight is 476 g/mol. The number of aryl methyl sites for hydroxylation is 1. The van der Waals surface area contributed by atoms with E-state index in [-0.39, 0.29) is 24.0 Å². The van der Waals surface area contributed by atoms with E-state index < -0.39 is 0 Å². The van der Waals surface area contributed by atoms with E-state index in [1.165, 1.54) is 4.88 Å². The molecule has 7 nitrogen and oxygen atoms in total. The summed E-state index contributed by atoms with van der Waals surface area (Å²) in [7, 11) is 0. The van der Waals surface area contributed by atoms with Crippen molar-refractivity contribution >= 4 is 41.3 Å². The fraction of sp³-hybridized carbons (Fsp3) is 0.562. The lowest BCUT2D eigenvalue weighted by molar-refractivity contribution is 0.169. The highest BCUT2D eigenvalue weighted by Gasteiger charge is 2.20. The standard InChI is InChI=1S/C16H24N6OS.HI/c1-3-17-16(19-11-15-10-18-13(2)24-15)22-7-5-21(6-8-22)12-14-4-9-23-20-14;/h4,9-10H,3,5-8,11-12H2,1-2H3,(H,17,19);1H. The maximum Gasteiger partial charge on any atom is 0.194 e. The molecule has 1 N–H and O–H groups in total. The van der Waals surface area contributed by atoms with E-state index in [1.807, 2.05) is 19.2 Å². The number of aliphatic imine (C=N–C) groups is 1. The number of aromatic nitrogens is 2. The van der Waals surface area contributed by atoms with Gasteiger partial charge in [0.25, 0.3) is 0 Å². The van der Waals surface area contributed by atoms with Crippen molar-refractivity contribution in [3.05, 3.63) is 34.1 Å². The lowest BCUT2D eigenvalue weighted by atomic mass is 10.3. The van der Waals surface area contributed by atoms with Crippen molar-refractivity contribution in [3.8, 4) is 0 Å². The fourth-order valence-electron chi connectivity index (χ4n) is 2.72. The Morgan fingerprint density at radius 1 is 1.36 bits per heavy atom. The van der Waals surface area contributed by atoms with Gasteiger partial charge in [-0.05, 0) is 13.8 Å². The second-order valence-electron chi connectivity index (χ2n) is 5.77. The number of rotatable bonds is 5. The Bertz CT molecular complexity index is 651. The first-order valence-electron chi connectivity index (χ1n) is 8.30. The molecule has 0 bridgehead atoms. The van der Waals surface area contributed by atoms with Crippen molar-refractivity contribution in [2.24, 2.45) is 4.99 Å². The SMILES string of the molecule is CCNC(=NCc1cnc(C)s1)N1CCN(Cc2ccon2)CC1.I. The van der Waals surface area contributed by atoms with Crippen molar-refractivity contribution in [1.82, 2.24) is 25.3 Å². The molecule has 0 atom stereocenters. The molecular formula is C16H25IN6OS. The van der Waals surface area contributed by atoms with Crippen molar-refractivity contribution < 1.29 is 4.52 Å². The highest BCUT2D eigenvalue weighted by Crippen LogP contribution is 2.13. The number of nitrogens with one attached hydrogen (secondary N) is 1. The van der Waals surface area contributed by atoms with Gasteiger partial charge in [-0.1, -0.05) is 5.16 Å². The summed E-state index contributed by atoms with van der Waals surface area (Å²) < 4.78 is 4.90. The Morgan fingerprint density at radius 3 is 2.76 bits per heavy atom. The Morgan fingerprint density at radius 2 is 2.16 bits per heavy atom. The van der Waals surface area contributed by atoms with Gasteiger partial charge in [0, 0.05) is 56.4 Å². The Balaban J connectivity index is 0.00000225. The van der Waals surface area contributed by atoms with Crippen LogP contribution in [0.4, 0.5) is 0 Å². The van der Waals surface area contributed by atoms with Gasteiger partial charge in [-0.25, -0.2) is 9.98 Å². The van der Waals surface area contributed by atoms with Gasteiger partial charge in [0.2, 0.25) is 0 Å². The van der Waals surface area contributed by atoms with Crippen LogP contribution in [-0.2, 0) is 13.1 Å². The lowest BCUT2D eigenvalue weighted by Gasteiger charge is -2.36. The van der Waals surface area contributed by atoms with Gasteiger partial charge in [0.05, 0.1) is 17.2 Å². The minimum atomic E-state index is 0. The summed E-state index contributed by atoms with van der Waals surface area (Å²) in [5.74, 6) is 0.990. The van der Waals surface area contributed by atoms with Gasteiger partial charge >= 0.3 is 0 Å². The third-order valence-electron chi connectivity index (χ3n) is 3.94. The van der Waals surface area contributed by atoms with Crippen molar-refractivity contribution in [2.75, 3.05) is 32.7 Å². The second kappa shape index (κ2) is 10.1. The number of thiazole rings is 1. The molecule has 9 heteroatoms. The predicted molar refractivity (Wildman–Crippen MR) is 110 cm³/mol. The number of hydrogen-bond donors (Lipinski definition) is 1. The van der Waals surface area contributed by atoms with Crippen LogP contribution in [0.5, 0.6) is 0 Å². The maximum atomic E-state index is 4.90. The molecule has 0 aliphatic carbocycles. The van der Waals surface area contributed by atoms with Crippen LogP contribution in [0.25, 0.3) is 0 Å². The van der Waals surface area contributed by atoms with Gasteiger partial charge < -0.3 is 14.7 Å². The van der Waals surface area contributed by atoms with E-state index in [0.29, 0.717) is 6.54 Å². The zero-order valence-corrected chi connectivity index (χ0v) is 17.8. The molecule has 0 amide bonds. The highest BCUT2D eigenvalue weighted by molar-refractivity contribution is 14.0. The monoisotopic (exact) mass is 476 g/mol. The van der Waals surface area contributed by atoms with Gasteiger partial charge in [-0.2, -0.15) is 0 Å². The zero-order valence-electron chi connectivity index (χ0n) is 14.6. The Labute approximate surface area is 169 Å². The molecular weight excluding hydrogens is 451 g/mol. The summed E-state index contributed by atoms with van der Waals surface area (Å²) in [5.41, 5.74) is 0.990. The minimum absolute atomic E-state index is 0. The van der Waals surface area contributed by atoms with Crippen LogP contribution in [-0.4, -0.2) is 58.6 Å². The molecule has 0 radical (unpaired) electrons. The van der Waals surface area contributed by atoms with E-state index in [9.17, 15) is 0 Å². The van der Waals surface area contributed by atoms with Crippen molar-refractivity contribution in [2.45, 2.75) is 26.9 Å². The van der Waals surface area contributed by atoms with Crippen LogP contribution >= 0.6 is 35.3 Å². The van der Waals surface area contributed by atoms with E-state index >= 15 is 0 Å². The van der Waals surface area contributed by atoms with Crippen LogP contribution in [0.3, 0.4) is 0 Å². The first-order chi connectivity index (χ1) is 11.7. The van der Waals surface area contributed by atoms with E-state index in [2.05, 4.69) is 32.2 Å². The minimum Gasteiger partial charge on any atom is -0.364 e. The molecule has 3 heterocycles. The average Bonchev–Trinajstić information content (AvgIpc) is 3.24. The number of guanidine groups is 1. The maximum absolute atomic E-state index is 4.90. The molecule has 0 spiro atoms. The van der Waals surface area contributed by atoms with Gasteiger partial charge in [0.1, 0.15) is 6.26 Å². The van der Waals surface area contributed by atoms with Crippen LogP contribution in [0, 0.1) is 6.92 Å². The Hall–Kier alpha value is -1.20. The molecule has 25 heavy (non-hydrogen) atoms. The summed E-state index contributed by atoms with van der Waals surface area (Å²) in [4.78, 5) is 15.0. The molecule has 0 unspecified atom stereocenters. The van der Waals surface area contributed by atoms with Gasteiger partial charge in [-0.3, -0.25) is 4.90 Å². The summed E-state index contributed by atoms with van der Waals surface area (Å²) in [6, 6.07) is 1.93. The summed E-state index contributed by atoms with van der Waals surface area (Å²) in [6.07, 6.45) is 3.55. The van der Waals surface area contributed by atoms with Gasteiger partial charge in [0.15, 0.2) is 5.96 Å². The number of piperazine rings is 1. The van der Waals surface area contributed by atoms with E-state index in [0.717, 1.165) is 55.9 Å². The third kappa shape index (κ3) is 5.93. The summed E-state index contributed by atoms with van der Waals surface area (Å²) in [5, 5.41) is 8.48. The molecule has 3 rings (SSSR count). The smallest absolute Gasteiger partial charge is 0.194 e. The molecule has 1 saturated heterocycles. The topological polar surface area (TPSA) is 69.8 Å².